The highest BCUT2D eigenvalue weighted by Crippen LogP contribution is 2.10. The first-order valence-electron chi connectivity index (χ1n) is 5.07. The van der Waals surface area contributed by atoms with E-state index in [1.54, 1.807) is 11.0 Å². The van der Waals surface area contributed by atoms with Gasteiger partial charge in [-0.3, -0.25) is 10.00 Å². The summed E-state index contributed by atoms with van der Waals surface area (Å²) in [4.78, 5) is 3.86. The van der Waals surface area contributed by atoms with Crippen LogP contribution in [0.2, 0.25) is 0 Å². The standard InChI is InChI=1S/C10H17N5/c1-9(2)14-10(3,6-11)4-5-15-8-12-7-13-15/h7-9,14H,4-5H2,1-3H3. The maximum atomic E-state index is 9.11. The molecule has 1 unspecified atom stereocenters. The molecule has 1 aromatic heterocycles. The van der Waals surface area contributed by atoms with Gasteiger partial charge >= 0.3 is 0 Å². The zero-order valence-electron chi connectivity index (χ0n) is 9.44. The predicted octanol–water partition coefficient (Wildman–Crippen LogP) is 0.948. The van der Waals surface area contributed by atoms with Gasteiger partial charge in [-0.15, -0.1) is 0 Å². The molecule has 0 aliphatic carbocycles. The normalized spacial score (nSPS) is 14.9. The molecule has 0 aliphatic heterocycles. The second-order valence-corrected chi connectivity index (χ2v) is 4.15. The fourth-order valence-electron chi connectivity index (χ4n) is 1.48. The molecule has 0 amide bonds. The van der Waals surface area contributed by atoms with E-state index in [4.69, 9.17) is 5.26 Å². The highest BCUT2D eigenvalue weighted by atomic mass is 15.3. The van der Waals surface area contributed by atoms with Gasteiger partial charge in [0.2, 0.25) is 0 Å². The average Bonchev–Trinajstić information content (AvgIpc) is 2.66. The van der Waals surface area contributed by atoms with Crippen LogP contribution in [0.15, 0.2) is 12.7 Å². The van der Waals surface area contributed by atoms with E-state index in [1.165, 1.54) is 6.33 Å². The van der Waals surface area contributed by atoms with E-state index in [2.05, 4.69) is 21.5 Å². The van der Waals surface area contributed by atoms with E-state index in [9.17, 15) is 0 Å². The van der Waals surface area contributed by atoms with Gasteiger partial charge in [-0.1, -0.05) is 0 Å². The van der Waals surface area contributed by atoms with Gasteiger partial charge in [0.1, 0.15) is 18.2 Å². The molecule has 1 N–H and O–H groups in total. The lowest BCUT2D eigenvalue weighted by Gasteiger charge is -2.25. The maximum absolute atomic E-state index is 9.11. The summed E-state index contributed by atoms with van der Waals surface area (Å²) in [7, 11) is 0. The lowest BCUT2D eigenvalue weighted by molar-refractivity contribution is 0.355. The van der Waals surface area contributed by atoms with Gasteiger partial charge < -0.3 is 0 Å². The van der Waals surface area contributed by atoms with Crippen molar-refractivity contribution in [2.75, 3.05) is 0 Å². The zero-order valence-corrected chi connectivity index (χ0v) is 9.44. The van der Waals surface area contributed by atoms with Gasteiger partial charge in [0.05, 0.1) is 6.07 Å². The van der Waals surface area contributed by atoms with Crippen molar-refractivity contribution in [3.05, 3.63) is 12.7 Å². The second kappa shape index (κ2) is 4.89. The molecule has 0 saturated carbocycles. The van der Waals surface area contributed by atoms with Crippen molar-refractivity contribution >= 4 is 0 Å². The van der Waals surface area contributed by atoms with Crippen LogP contribution in [0.5, 0.6) is 0 Å². The average molecular weight is 207 g/mol. The van der Waals surface area contributed by atoms with Crippen molar-refractivity contribution in [1.29, 1.82) is 5.26 Å². The predicted molar refractivity (Wildman–Crippen MR) is 56.9 cm³/mol. The molecular weight excluding hydrogens is 190 g/mol. The number of rotatable bonds is 5. The van der Waals surface area contributed by atoms with Crippen molar-refractivity contribution in [3.63, 3.8) is 0 Å². The molecule has 0 radical (unpaired) electrons. The SMILES string of the molecule is CC(C)NC(C)(C#N)CCn1cncn1. The molecule has 1 aromatic rings. The summed E-state index contributed by atoms with van der Waals surface area (Å²) in [5, 5.41) is 16.4. The van der Waals surface area contributed by atoms with Crippen LogP contribution in [0.1, 0.15) is 27.2 Å². The number of hydrogen-bond acceptors (Lipinski definition) is 4. The summed E-state index contributed by atoms with van der Waals surface area (Å²) in [5.74, 6) is 0. The van der Waals surface area contributed by atoms with Gasteiger partial charge in [-0.2, -0.15) is 10.4 Å². The van der Waals surface area contributed by atoms with E-state index >= 15 is 0 Å². The Hall–Kier alpha value is -1.41. The van der Waals surface area contributed by atoms with Gasteiger partial charge in [0, 0.05) is 12.6 Å². The topological polar surface area (TPSA) is 66.5 Å². The maximum Gasteiger partial charge on any atom is 0.137 e. The Balaban J connectivity index is 2.50. The Bertz CT molecular complexity index is 324. The third-order valence-electron chi connectivity index (χ3n) is 2.16. The highest BCUT2D eigenvalue weighted by molar-refractivity contribution is 5.04. The van der Waals surface area contributed by atoms with Gasteiger partial charge in [0.15, 0.2) is 0 Å². The van der Waals surface area contributed by atoms with E-state index in [1.807, 2.05) is 20.8 Å². The molecule has 1 rings (SSSR count). The summed E-state index contributed by atoms with van der Waals surface area (Å²) in [6, 6.07) is 2.60. The van der Waals surface area contributed by atoms with Crippen LogP contribution in [-0.4, -0.2) is 26.3 Å². The molecule has 0 fully saturated rings. The molecule has 5 heteroatoms. The quantitative estimate of drug-likeness (QED) is 0.780. The lowest BCUT2D eigenvalue weighted by atomic mass is 9.99. The fourth-order valence-corrected chi connectivity index (χ4v) is 1.48. The zero-order chi connectivity index (χ0) is 11.3. The minimum Gasteiger partial charge on any atom is -0.297 e. The number of aromatic nitrogens is 3. The number of aryl methyl sites for hydroxylation is 1. The molecule has 1 heterocycles. The fraction of sp³-hybridized carbons (Fsp3) is 0.700. The summed E-state index contributed by atoms with van der Waals surface area (Å²) in [5.41, 5.74) is -0.500. The van der Waals surface area contributed by atoms with E-state index in [0.29, 0.717) is 19.0 Å². The highest BCUT2D eigenvalue weighted by Gasteiger charge is 2.23. The van der Waals surface area contributed by atoms with Crippen molar-refractivity contribution < 1.29 is 0 Å². The lowest BCUT2D eigenvalue weighted by Crippen LogP contribution is -2.45. The van der Waals surface area contributed by atoms with Crippen molar-refractivity contribution in [3.8, 4) is 6.07 Å². The first-order valence-corrected chi connectivity index (χ1v) is 5.07. The number of nitrogens with one attached hydrogen (secondary N) is 1. The second-order valence-electron chi connectivity index (χ2n) is 4.15. The molecule has 82 valence electrons. The van der Waals surface area contributed by atoms with Crippen molar-refractivity contribution in [2.24, 2.45) is 0 Å². The summed E-state index contributed by atoms with van der Waals surface area (Å²) < 4.78 is 1.73. The van der Waals surface area contributed by atoms with Crippen molar-refractivity contribution in [2.45, 2.75) is 45.3 Å². The smallest absolute Gasteiger partial charge is 0.137 e. The van der Waals surface area contributed by atoms with Gasteiger partial charge in [0.25, 0.3) is 0 Å². The molecule has 0 spiro atoms. The largest absolute Gasteiger partial charge is 0.297 e. The Morgan fingerprint density at radius 1 is 1.60 bits per heavy atom. The Labute approximate surface area is 90.1 Å². The van der Waals surface area contributed by atoms with E-state index in [-0.39, 0.29) is 0 Å². The molecule has 1 atom stereocenters. The monoisotopic (exact) mass is 207 g/mol. The molecule has 0 bridgehead atoms. The number of nitriles is 1. The Kier molecular flexibility index (Phi) is 3.81. The van der Waals surface area contributed by atoms with Gasteiger partial charge in [-0.05, 0) is 27.2 Å². The summed E-state index contributed by atoms with van der Waals surface area (Å²) in [6.07, 6.45) is 3.87. The minimum absolute atomic E-state index is 0.297. The summed E-state index contributed by atoms with van der Waals surface area (Å²) >= 11 is 0. The minimum atomic E-state index is -0.500. The third-order valence-corrected chi connectivity index (χ3v) is 2.16. The van der Waals surface area contributed by atoms with E-state index in [0.717, 1.165) is 0 Å². The summed E-state index contributed by atoms with van der Waals surface area (Å²) in [6.45, 7) is 6.67. The third kappa shape index (κ3) is 3.68. The molecule has 0 saturated heterocycles. The molecule has 0 aromatic carbocycles. The van der Waals surface area contributed by atoms with Gasteiger partial charge in [-0.25, -0.2) is 4.98 Å². The Morgan fingerprint density at radius 2 is 2.33 bits per heavy atom. The van der Waals surface area contributed by atoms with Crippen LogP contribution in [0.3, 0.4) is 0 Å². The molecule has 15 heavy (non-hydrogen) atoms. The molecular formula is C10H17N5. The van der Waals surface area contributed by atoms with Crippen molar-refractivity contribution in [1.82, 2.24) is 20.1 Å². The van der Waals surface area contributed by atoms with Crippen LogP contribution in [0, 0.1) is 11.3 Å². The van der Waals surface area contributed by atoms with Crippen LogP contribution in [-0.2, 0) is 6.54 Å². The van der Waals surface area contributed by atoms with Crippen LogP contribution >= 0.6 is 0 Å². The van der Waals surface area contributed by atoms with Crippen LogP contribution < -0.4 is 5.32 Å². The first-order chi connectivity index (χ1) is 7.06. The molecule has 5 nitrogen and oxygen atoms in total. The number of nitrogens with zero attached hydrogens (tertiary/aromatic N) is 4. The molecule has 0 aliphatic rings. The Morgan fingerprint density at radius 3 is 2.80 bits per heavy atom. The van der Waals surface area contributed by atoms with E-state index < -0.39 is 5.54 Å². The number of hydrogen-bond donors (Lipinski definition) is 1. The van der Waals surface area contributed by atoms with Crippen LogP contribution in [0.4, 0.5) is 0 Å². The van der Waals surface area contributed by atoms with Crippen LogP contribution in [0.25, 0.3) is 0 Å². The first kappa shape index (κ1) is 11.7.